The van der Waals surface area contributed by atoms with E-state index in [1.54, 1.807) is 23.4 Å². The van der Waals surface area contributed by atoms with Gasteiger partial charge in [0.1, 0.15) is 0 Å². The smallest absolute Gasteiger partial charge is 0.376 e. The molecule has 4 aromatic carbocycles. The van der Waals surface area contributed by atoms with E-state index in [9.17, 15) is 29.5 Å². The van der Waals surface area contributed by atoms with Gasteiger partial charge in [-0.1, -0.05) is 40.2 Å². The Balaban J connectivity index is 0.000000126. The molecule has 0 aromatic heterocycles. The van der Waals surface area contributed by atoms with Crippen LogP contribution in [0.1, 0.15) is 57.3 Å². The fourth-order valence-electron chi connectivity index (χ4n) is 10.3. The van der Waals surface area contributed by atoms with Gasteiger partial charge >= 0.3 is 33.2 Å². The Bertz CT molecular complexity index is 2520. The minimum atomic E-state index is -0.425. The highest BCUT2D eigenvalue weighted by atomic mass is 79.9. The van der Waals surface area contributed by atoms with E-state index in [2.05, 4.69) is 97.6 Å². The van der Waals surface area contributed by atoms with Crippen LogP contribution in [-0.4, -0.2) is 151 Å². The number of amides is 5. The van der Waals surface area contributed by atoms with Crippen molar-refractivity contribution in [3.05, 3.63) is 122 Å². The molecular formula is C51H69B3BrN9O6. The van der Waals surface area contributed by atoms with Crippen molar-refractivity contribution < 1.29 is 29.5 Å². The molecule has 15 nitrogen and oxygen atoms in total. The minimum absolute atomic E-state index is 0.0631. The first-order valence-electron chi connectivity index (χ1n) is 25.1. The van der Waals surface area contributed by atoms with Crippen LogP contribution in [0.15, 0.2) is 77.3 Å². The van der Waals surface area contributed by atoms with Crippen molar-refractivity contribution in [3.8, 4) is 0 Å². The van der Waals surface area contributed by atoms with E-state index in [4.69, 9.17) is 0 Å². The quantitative estimate of drug-likeness (QED) is 0.185. The van der Waals surface area contributed by atoms with Gasteiger partial charge in [0.05, 0.1) is 0 Å². The third kappa shape index (κ3) is 12.3. The van der Waals surface area contributed by atoms with Gasteiger partial charge in [-0.3, -0.25) is 14.6 Å². The van der Waals surface area contributed by atoms with Crippen molar-refractivity contribution in [1.29, 1.82) is 0 Å². The van der Waals surface area contributed by atoms with Crippen molar-refractivity contribution in [2.24, 2.45) is 0 Å². The van der Waals surface area contributed by atoms with Crippen molar-refractivity contribution in [3.63, 3.8) is 0 Å². The van der Waals surface area contributed by atoms with E-state index in [-0.39, 0.29) is 25.0 Å². The molecule has 3 fully saturated rings. The molecule has 11 rings (SSSR count). The fraction of sp³-hybridized carbons (Fsp3) is 0.471. The largest absolute Gasteiger partial charge is 0.437 e. The summed E-state index contributed by atoms with van der Waals surface area (Å²) < 4.78 is 1.11. The van der Waals surface area contributed by atoms with Crippen LogP contribution in [0, 0.1) is 0 Å². The van der Waals surface area contributed by atoms with Gasteiger partial charge in [-0.15, -0.1) is 0 Å². The summed E-state index contributed by atoms with van der Waals surface area (Å²) >= 11 is 3.47. The summed E-state index contributed by atoms with van der Waals surface area (Å²) in [6, 6.07) is 25.5. The van der Waals surface area contributed by atoms with Crippen molar-refractivity contribution >= 4 is 72.1 Å². The molecule has 19 heteroatoms. The van der Waals surface area contributed by atoms with Gasteiger partial charge in [0, 0.05) is 101 Å². The van der Waals surface area contributed by atoms with Crippen molar-refractivity contribution in [2.45, 2.75) is 85.2 Å². The Hall–Kier alpha value is -4.72. The molecule has 0 bridgehead atoms. The van der Waals surface area contributed by atoms with E-state index in [0.717, 1.165) is 139 Å². The average molecular weight is 1020 g/mol. The number of nitrogens with one attached hydrogen (secondary N) is 1. The molecule has 0 unspecified atom stereocenters. The lowest BCUT2D eigenvalue weighted by Gasteiger charge is -2.30. The van der Waals surface area contributed by atoms with E-state index >= 15 is 0 Å². The Kier molecular flexibility index (Phi) is 17.1. The van der Waals surface area contributed by atoms with Crippen molar-refractivity contribution in [2.75, 3.05) is 87.7 Å². The van der Waals surface area contributed by atoms with Crippen LogP contribution in [0.25, 0.3) is 0 Å². The first-order chi connectivity index (χ1) is 33.6. The highest BCUT2D eigenvalue weighted by molar-refractivity contribution is 9.10. The number of urea groups is 2. The summed E-state index contributed by atoms with van der Waals surface area (Å²) in [6.45, 7) is 16.5. The van der Waals surface area contributed by atoms with Gasteiger partial charge in [-0.25, -0.2) is 9.59 Å². The van der Waals surface area contributed by atoms with Crippen molar-refractivity contribution in [1.82, 2.24) is 29.5 Å². The molecule has 0 aliphatic carbocycles. The van der Waals surface area contributed by atoms with Crippen LogP contribution in [0.4, 0.5) is 26.7 Å². The van der Waals surface area contributed by atoms with E-state index in [0.29, 0.717) is 6.42 Å². The highest BCUT2D eigenvalue weighted by Gasteiger charge is 2.30. The Labute approximate surface area is 423 Å². The number of fused-ring (bicyclic) bond motifs is 4. The standard InChI is InChI=1S/C14H20BN3O2.C14H19BN2O2.C13H17N3O.C10H13BBrNO/c1-15(20)17-6-5-11-3-4-13(9-12(11)10-17)18-8-7-16(2)14(18)19;1-15(19)16-8-6-11-4-5-13(9-12(11)10-16)17-7-2-3-14(17)18;1-15-6-7-16(13(15)17)12-3-2-10-4-5-14-9-11(10)8-12;1-11(14)13-5-4-8-2-3-10(12)6-9(8)7-13/h3-4,9,20H,5-8,10H2,1-2H3;4-5,9,19H,2-3,6-8,10H2,1H3;2-3,8,14H,4-7,9H2,1H3;2-3,6,14H,4-5,7H2,1H3. The molecule has 4 N–H and O–H groups in total. The molecule has 370 valence electrons. The molecule has 7 aliphatic rings. The topological polar surface area (TPSA) is 150 Å². The zero-order valence-electron chi connectivity index (χ0n) is 41.6. The van der Waals surface area contributed by atoms with Gasteiger partial charge in [-0.2, -0.15) is 0 Å². The number of likely N-dealkylation sites (N-methyl/N-ethyl adjacent to an activating group) is 2. The lowest BCUT2D eigenvalue weighted by molar-refractivity contribution is -0.117. The second-order valence-electron chi connectivity index (χ2n) is 19.6. The molecule has 3 saturated heterocycles. The van der Waals surface area contributed by atoms with E-state index in [1.165, 1.54) is 44.5 Å². The first kappa shape index (κ1) is 51.6. The Morgan fingerprint density at radius 3 is 1.30 bits per heavy atom. The lowest BCUT2D eigenvalue weighted by Crippen LogP contribution is -2.40. The molecular weight excluding hydrogens is 947 g/mol. The maximum Gasteiger partial charge on any atom is 0.376 e. The summed E-state index contributed by atoms with van der Waals surface area (Å²) in [5.41, 5.74) is 13.6. The number of benzene rings is 4. The zero-order chi connectivity index (χ0) is 49.6. The molecule has 70 heavy (non-hydrogen) atoms. The Morgan fingerprint density at radius 1 is 0.471 bits per heavy atom. The molecule has 0 spiro atoms. The SMILES string of the molecule is CB(O)N1CCc2ccc(Br)cc2C1.CB(O)N1CCc2ccc(N3CCCC3=O)cc2C1.CB(O)N1CCc2ccc(N3CCN(C)C3=O)cc2C1.CN1CCN(c2ccc3c(c2)CNCC3)C1=O. The third-order valence-electron chi connectivity index (χ3n) is 14.8. The number of halogens is 1. The normalized spacial score (nSPS) is 19.0. The van der Waals surface area contributed by atoms with Crippen LogP contribution in [0.3, 0.4) is 0 Å². The second kappa shape index (κ2) is 23.2. The van der Waals surface area contributed by atoms with Crippen LogP contribution < -0.4 is 20.0 Å². The number of carbonyl (C=O) groups excluding carboxylic acids is 3. The molecule has 0 atom stereocenters. The predicted octanol–water partition coefficient (Wildman–Crippen LogP) is 5.43. The zero-order valence-corrected chi connectivity index (χ0v) is 43.2. The van der Waals surface area contributed by atoms with Gasteiger partial charge in [0.25, 0.3) is 0 Å². The van der Waals surface area contributed by atoms with Gasteiger partial charge in [-0.05, 0) is 172 Å². The van der Waals surface area contributed by atoms with Gasteiger partial charge in [0.15, 0.2) is 0 Å². The second-order valence-corrected chi connectivity index (χ2v) is 20.5. The lowest BCUT2D eigenvalue weighted by atomic mass is 9.81. The number of hydrogen-bond acceptors (Lipinski definition) is 10. The number of rotatable bonds is 6. The summed E-state index contributed by atoms with van der Waals surface area (Å²) in [7, 11) is 2.50. The van der Waals surface area contributed by atoms with Gasteiger partial charge in [0.2, 0.25) is 5.91 Å². The highest BCUT2D eigenvalue weighted by Crippen LogP contribution is 2.30. The number of anilines is 3. The Morgan fingerprint density at radius 2 is 0.886 bits per heavy atom. The van der Waals surface area contributed by atoms with Crippen LogP contribution in [0.5, 0.6) is 0 Å². The maximum atomic E-state index is 12.0. The molecule has 0 radical (unpaired) electrons. The monoisotopic (exact) mass is 1020 g/mol. The summed E-state index contributed by atoms with van der Waals surface area (Å²) in [5, 5.41) is 32.3. The van der Waals surface area contributed by atoms with Crippen LogP contribution >= 0.6 is 15.9 Å². The molecule has 0 saturated carbocycles. The number of carbonyl (C=O) groups is 3. The predicted molar refractivity (Wildman–Crippen MR) is 285 cm³/mol. The van der Waals surface area contributed by atoms with E-state index < -0.39 is 14.1 Å². The summed E-state index contributed by atoms with van der Waals surface area (Å²) in [5.74, 6) is 0.225. The summed E-state index contributed by atoms with van der Waals surface area (Å²) in [6.07, 6.45) is 5.66. The van der Waals surface area contributed by atoms with E-state index in [1.807, 2.05) is 46.5 Å². The molecule has 5 amide bonds. The van der Waals surface area contributed by atoms with Crippen LogP contribution in [-0.2, 0) is 56.7 Å². The average Bonchev–Trinajstić information content (AvgIpc) is 4.06. The first-order valence-corrected chi connectivity index (χ1v) is 25.9. The molecule has 7 aliphatic heterocycles. The fourth-order valence-corrected chi connectivity index (χ4v) is 10.7. The minimum Gasteiger partial charge on any atom is -0.437 e. The van der Waals surface area contributed by atoms with Gasteiger partial charge < -0.3 is 49.5 Å². The summed E-state index contributed by atoms with van der Waals surface area (Å²) in [4.78, 5) is 51.0. The number of nitrogens with zero attached hydrogens (tertiary/aromatic N) is 8. The number of hydrogen-bond donors (Lipinski definition) is 4. The molecule has 4 aromatic rings. The third-order valence-corrected chi connectivity index (χ3v) is 15.3. The molecule has 7 heterocycles. The maximum absolute atomic E-state index is 12.0. The van der Waals surface area contributed by atoms with Crippen LogP contribution in [0.2, 0.25) is 20.5 Å².